The highest BCUT2D eigenvalue weighted by Gasteiger charge is 2.38. The summed E-state index contributed by atoms with van der Waals surface area (Å²) in [6.45, 7) is 0.962. The van der Waals surface area contributed by atoms with E-state index in [-0.39, 0.29) is 0 Å². The van der Waals surface area contributed by atoms with Gasteiger partial charge in [0.15, 0.2) is 0 Å². The number of benzene rings is 1. The van der Waals surface area contributed by atoms with Crippen LogP contribution in [0.1, 0.15) is 12.8 Å². The molecule has 3 N–H and O–H groups in total. The minimum absolute atomic E-state index is 0.294. The van der Waals surface area contributed by atoms with Crippen molar-refractivity contribution in [3.8, 4) is 0 Å². The molecule has 0 bridgehead atoms. The summed E-state index contributed by atoms with van der Waals surface area (Å²) in [4.78, 5) is 11.7. The molecule has 18 heavy (non-hydrogen) atoms. The predicted octanol–water partition coefficient (Wildman–Crippen LogP) is 2.55. The molecule has 1 atom stereocenters. The molecule has 0 saturated carbocycles. The molecule has 1 fully saturated rings. The average Bonchev–Trinajstić information content (AvgIpc) is 2.35. The first kappa shape index (κ1) is 13.6. The fourth-order valence-corrected chi connectivity index (χ4v) is 2.50. The number of ether oxygens (including phenoxy) is 1. The summed E-state index contributed by atoms with van der Waals surface area (Å²) in [6, 6.07) is 5.39. The molecule has 0 aromatic heterocycles. The smallest absolute Gasteiger partial charge is 0.245 e. The van der Waals surface area contributed by atoms with Gasteiger partial charge in [-0.05, 0) is 47.0 Å². The molecule has 1 aromatic carbocycles. The Morgan fingerprint density at radius 3 is 2.89 bits per heavy atom. The van der Waals surface area contributed by atoms with Crippen molar-refractivity contribution < 1.29 is 9.53 Å². The van der Waals surface area contributed by atoms with Gasteiger partial charge in [0.1, 0.15) is 5.54 Å². The van der Waals surface area contributed by atoms with Gasteiger partial charge in [0.25, 0.3) is 0 Å². The summed E-state index contributed by atoms with van der Waals surface area (Å²) in [7, 11) is 0. The minimum atomic E-state index is -0.828. The van der Waals surface area contributed by atoms with E-state index in [0.29, 0.717) is 24.7 Å². The van der Waals surface area contributed by atoms with Crippen LogP contribution in [0.4, 0.5) is 5.69 Å². The van der Waals surface area contributed by atoms with E-state index >= 15 is 0 Å². The number of anilines is 1. The molecular formula is C12H14BrClN2O2. The number of carbonyl (C=O) groups is 1. The van der Waals surface area contributed by atoms with E-state index in [1.807, 2.05) is 12.1 Å². The highest BCUT2D eigenvalue weighted by atomic mass is 79.9. The van der Waals surface area contributed by atoms with Crippen molar-refractivity contribution in [1.29, 1.82) is 0 Å². The lowest BCUT2D eigenvalue weighted by molar-refractivity contribution is -0.126. The Balaban J connectivity index is 2.23. The summed E-state index contributed by atoms with van der Waals surface area (Å²) < 4.78 is 6.14. The van der Waals surface area contributed by atoms with Crippen LogP contribution in [0.3, 0.4) is 0 Å². The van der Waals surface area contributed by atoms with E-state index in [9.17, 15) is 4.79 Å². The molecule has 1 aliphatic heterocycles. The van der Waals surface area contributed by atoms with Gasteiger partial charge in [-0.1, -0.05) is 11.6 Å². The molecule has 0 spiro atoms. The van der Waals surface area contributed by atoms with Gasteiger partial charge >= 0.3 is 0 Å². The second kappa shape index (κ2) is 5.47. The van der Waals surface area contributed by atoms with Crippen molar-refractivity contribution in [3.63, 3.8) is 0 Å². The van der Waals surface area contributed by atoms with Crippen LogP contribution >= 0.6 is 27.5 Å². The zero-order valence-electron chi connectivity index (χ0n) is 9.71. The number of hydrogen-bond acceptors (Lipinski definition) is 3. The van der Waals surface area contributed by atoms with Gasteiger partial charge in [0.05, 0.1) is 11.6 Å². The lowest BCUT2D eigenvalue weighted by Crippen LogP contribution is -2.56. The second-order valence-corrected chi connectivity index (χ2v) is 5.62. The average molecular weight is 334 g/mol. The van der Waals surface area contributed by atoms with Gasteiger partial charge in [-0.25, -0.2) is 0 Å². The number of nitrogens with one attached hydrogen (secondary N) is 1. The number of amides is 1. The maximum atomic E-state index is 11.7. The Bertz CT molecular complexity index is 461. The first-order valence-electron chi connectivity index (χ1n) is 5.64. The molecule has 1 aliphatic rings. The van der Waals surface area contributed by atoms with Crippen molar-refractivity contribution >= 4 is 39.1 Å². The SMILES string of the molecule is NC(=O)C1(Nc2ccc(Cl)c(Br)c2)CCCOC1. The lowest BCUT2D eigenvalue weighted by Gasteiger charge is -2.35. The molecule has 98 valence electrons. The normalized spacial score (nSPS) is 23.7. The monoisotopic (exact) mass is 332 g/mol. The van der Waals surface area contributed by atoms with Crippen LogP contribution in [0.5, 0.6) is 0 Å². The molecule has 2 rings (SSSR count). The summed E-state index contributed by atoms with van der Waals surface area (Å²) in [5, 5.41) is 3.79. The van der Waals surface area contributed by atoms with E-state index in [1.165, 1.54) is 0 Å². The number of carbonyl (C=O) groups excluding carboxylic acids is 1. The molecule has 6 heteroatoms. The maximum absolute atomic E-state index is 11.7. The molecule has 1 unspecified atom stereocenters. The number of rotatable bonds is 3. The van der Waals surface area contributed by atoms with Gasteiger partial charge in [-0.2, -0.15) is 0 Å². The molecule has 1 saturated heterocycles. The molecule has 0 radical (unpaired) electrons. The Kier molecular flexibility index (Phi) is 4.14. The third-order valence-corrected chi connectivity index (χ3v) is 4.23. The Morgan fingerprint density at radius 2 is 2.33 bits per heavy atom. The summed E-state index contributed by atoms with van der Waals surface area (Å²) >= 11 is 9.28. The number of primary amides is 1. The Labute approximate surface area is 119 Å². The van der Waals surface area contributed by atoms with Gasteiger partial charge < -0.3 is 15.8 Å². The molecule has 0 aliphatic carbocycles. The fraction of sp³-hybridized carbons (Fsp3) is 0.417. The van der Waals surface area contributed by atoms with Crippen molar-refractivity contribution in [1.82, 2.24) is 0 Å². The van der Waals surface area contributed by atoms with Crippen LogP contribution in [0.2, 0.25) is 5.02 Å². The van der Waals surface area contributed by atoms with Crippen LogP contribution in [0.15, 0.2) is 22.7 Å². The van der Waals surface area contributed by atoms with Gasteiger partial charge in [0.2, 0.25) is 5.91 Å². The largest absolute Gasteiger partial charge is 0.378 e. The van der Waals surface area contributed by atoms with Crippen LogP contribution in [-0.4, -0.2) is 24.7 Å². The Hall–Kier alpha value is -0.780. The van der Waals surface area contributed by atoms with Crippen LogP contribution in [0, 0.1) is 0 Å². The Morgan fingerprint density at radius 1 is 1.56 bits per heavy atom. The molecule has 1 amide bonds. The molecule has 1 heterocycles. The topological polar surface area (TPSA) is 64.4 Å². The van der Waals surface area contributed by atoms with Crippen molar-refractivity contribution in [3.05, 3.63) is 27.7 Å². The van der Waals surface area contributed by atoms with Crippen LogP contribution in [0.25, 0.3) is 0 Å². The van der Waals surface area contributed by atoms with Crippen molar-refractivity contribution in [2.75, 3.05) is 18.5 Å². The van der Waals surface area contributed by atoms with Crippen molar-refractivity contribution in [2.24, 2.45) is 5.73 Å². The first-order chi connectivity index (χ1) is 8.53. The van der Waals surface area contributed by atoms with Crippen molar-refractivity contribution in [2.45, 2.75) is 18.4 Å². The number of hydrogen-bond donors (Lipinski definition) is 2. The highest BCUT2D eigenvalue weighted by Crippen LogP contribution is 2.29. The number of nitrogens with two attached hydrogens (primary N) is 1. The summed E-state index contributed by atoms with van der Waals surface area (Å²) in [5.74, 6) is -0.395. The highest BCUT2D eigenvalue weighted by molar-refractivity contribution is 9.10. The zero-order valence-corrected chi connectivity index (χ0v) is 12.1. The standard InChI is InChI=1S/C12H14BrClN2O2/c13-9-6-8(2-3-10(9)14)16-12(11(15)17)4-1-5-18-7-12/h2-3,6,16H,1,4-5,7H2,(H2,15,17). The first-order valence-corrected chi connectivity index (χ1v) is 6.81. The van der Waals surface area contributed by atoms with Gasteiger partial charge in [-0.15, -0.1) is 0 Å². The molecule has 1 aromatic rings. The summed E-state index contributed by atoms with van der Waals surface area (Å²) in [6.07, 6.45) is 1.48. The minimum Gasteiger partial charge on any atom is -0.378 e. The zero-order chi connectivity index (χ0) is 13.2. The second-order valence-electron chi connectivity index (χ2n) is 4.36. The van der Waals surface area contributed by atoms with E-state index in [1.54, 1.807) is 6.07 Å². The van der Waals surface area contributed by atoms with E-state index < -0.39 is 11.4 Å². The van der Waals surface area contributed by atoms with Gasteiger partial charge in [-0.3, -0.25) is 4.79 Å². The third-order valence-electron chi connectivity index (χ3n) is 3.02. The lowest BCUT2D eigenvalue weighted by atomic mass is 9.91. The van der Waals surface area contributed by atoms with E-state index in [0.717, 1.165) is 16.6 Å². The fourth-order valence-electron chi connectivity index (χ4n) is 2.00. The quantitative estimate of drug-likeness (QED) is 0.893. The molecular weight excluding hydrogens is 320 g/mol. The van der Waals surface area contributed by atoms with Crippen LogP contribution in [-0.2, 0) is 9.53 Å². The maximum Gasteiger partial charge on any atom is 0.245 e. The molecule has 4 nitrogen and oxygen atoms in total. The third kappa shape index (κ3) is 2.79. The van der Waals surface area contributed by atoms with Gasteiger partial charge in [0, 0.05) is 16.8 Å². The number of halogens is 2. The van der Waals surface area contributed by atoms with E-state index in [4.69, 9.17) is 22.1 Å². The predicted molar refractivity (Wildman–Crippen MR) is 74.8 cm³/mol. The summed E-state index contributed by atoms with van der Waals surface area (Å²) in [5.41, 5.74) is 5.46. The van der Waals surface area contributed by atoms with Crippen LogP contribution < -0.4 is 11.1 Å². The van der Waals surface area contributed by atoms with E-state index in [2.05, 4.69) is 21.2 Å².